The van der Waals surface area contributed by atoms with Crippen molar-refractivity contribution in [3.05, 3.63) is 71.1 Å². The van der Waals surface area contributed by atoms with Crippen molar-refractivity contribution in [2.75, 3.05) is 0 Å². The van der Waals surface area contributed by atoms with Crippen LogP contribution in [-0.4, -0.2) is 21.0 Å². The second-order valence-electron chi connectivity index (χ2n) is 5.12. The number of hydrogen-bond donors (Lipinski definition) is 1. The molecule has 0 amide bonds. The van der Waals surface area contributed by atoms with Crippen LogP contribution in [0.4, 0.5) is 0 Å². The fourth-order valence-electron chi connectivity index (χ4n) is 2.29. The van der Waals surface area contributed by atoms with Crippen molar-refractivity contribution in [1.82, 2.24) is 9.97 Å². The number of carboxylic acids is 1. The molecule has 114 valence electrons. The number of aromatic carboxylic acids is 1. The van der Waals surface area contributed by atoms with Crippen molar-refractivity contribution in [1.29, 1.82) is 0 Å². The molecule has 5 heteroatoms. The van der Waals surface area contributed by atoms with Gasteiger partial charge in [0.05, 0.1) is 16.3 Å². The van der Waals surface area contributed by atoms with E-state index in [1.165, 1.54) is 0 Å². The van der Waals surface area contributed by atoms with Crippen LogP contribution in [0.3, 0.4) is 0 Å². The Balaban J connectivity index is 2.12. The van der Waals surface area contributed by atoms with Gasteiger partial charge in [0.1, 0.15) is 0 Å². The summed E-state index contributed by atoms with van der Waals surface area (Å²) in [5, 5.41) is 9.53. The lowest BCUT2D eigenvalue weighted by Gasteiger charge is -2.10. The third-order valence-corrected chi connectivity index (χ3v) is 3.69. The molecule has 2 aromatic heterocycles. The Labute approximate surface area is 138 Å². The summed E-state index contributed by atoms with van der Waals surface area (Å²) in [6, 6.07) is 12.3. The number of carboxylic acid groups (broad SMARTS) is 1. The van der Waals surface area contributed by atoms with Crippen LogP contribution in [-0.2, 0) is 0 Å². The molecule has 0 saturated carbocycles. The standard InChI is InChI=1S/C18H13ClN2O2/c1-11-2-3-14(9-20-11)17-16(8-15(19)10-21-17)12-4-6-13(7-5-12)18(22)23/h2-10H,1H3,(H,22,23). The van der Waals surface area contributed by atoms with Crippen LogP contribution in [0.15, 0.2) is 54.9 Å². The van der Waals surface area contributed by atoms with Crippen molar-refractivity contribution >= 4 is 17.6 Å². The number of pyridine rings is 2. The Morgan fingerprint density at radius 1 is 1.00 bits per heavy atom. The first-order valence-electron chi connectivity index (χ1n) is 6.97. The number of rotatable bonds is 3. The van der Waals surface area contributed by atoms with Gasteiger partial charge in [0, 0.05) is 29.2 Å². The monoisotopic (exact) mass is 324 g/mol. The summed E-state index contributed by atoms with van der Waals surface area (Å²) in [5.74, 6) is -0.955. The molecule has 1 aromatic carbocycles. The van der Waals surface area contributed by atoms with E-state index in [9.17, 15) is 4.79 Å². The van der Waals surface area contributed by atoms with Crippen LogP contribution in [0.2, 0.25) is 5.02 Å². The molecule has 0 aliphatic carbocycles. The fraction of sp³-hybridized carbons (Fsp3) is 0.0556. The fourth-order valence-corrected chi connectivity index (χ4v) is 2.45. The van der Waals surface area contributed by atoms with Gasteiger partial charge in [0.2, 0.25) is 0 Å². The second-order valence-corrected chi connectivity index (χ2v) is 5.56. The Hall–Kier alpha value is -2.72. The predicted octanol–water partition coefficient (Wildman–Crippen LogP) is 4.47. The van der Waals surface area contributed by atoms with Crippen LogP contribution in [0.5, 0.6) is 0 Å². The summed E-state index contributed by atoms with van der Waals surface area (Å²) in [6.07, 6.45) is 3.35. The van der Waals surface area contributed by atoms with Crippen molar-refractivity contribution in [3.8, 4) is 22.4 Å². The van der Waals surface area contributed by atoms with Gasteiger partial charge in [0.25, 0.3) is 0 Å². The van der Waals surface area contributed by atoms with Crippen LogP contribution >= 0.6 is 11.6 Å². The Morgan fingerprint density at radius 3 is 2.30 bits per heavy atom. The van der Waals surface area contributed by atoms with Gasteiger partial charge in [-0.15, -0.1) is 0 Å². The lowest BCUT2D eigenvalue weighted by molar-refractivity contribution is 0.0697. The number of nitrogens with zero attached hydrogens (tertiary/aromatic N) is 2. The molecule has 0 aliphatic rings. The number of aromatic nitrogens is 2. The quantitative estimate of drug-likeness (QED) is 0.772. The van der Waals surface area contributed by atoms with Gasteiger partial charge in [0.15, 0.2) is 0 Å². The maximum atomic E-state index is 11.0. The van der Waals surface area contributed by atoms with Gasteiger partial charge >= 0.3 is 5.97 Å². The molecule has 0 bridgehead atoms. The molecule has 2 heterocycles. The molecule has 1 N–H and O–H groups in total. The van der Waals surface area contributed by atoms with Gasteiger partial charge < -0.3 is 5.11 Å². The molecule has 0 spiro atoms. The summed E-state index contributed by atoms with van der Waals surface area (Å²) in [7, 11) is 0. The van der Waals surface area contributed by atoms with E-state index in [4.69, 9.17) is 16.7 Å². The minimum absolute atomic E-state index is 0.238. The highest BCUT2D eigenvalue weighted by atomic mass is 35.5. The number of aryl methyl sites for hydroxylation is 1. The topological polar surface area (TPSA) is 63.1 Å². The first-order valence-corrected chi connectivity index (χ1v) is 7.35. The van der Waals surface area contributed by atoms with Gasteiger partial charge in [-0.3, -0.25) is 9.97 Å². The van der Waals surface area contributed by atoms with Crippen LogP contribution < -0.4 is 0 Å². The van der Waals surface area contributed by atoms with Crippen LogP contribution in [0.1, 0.15) is 16.1 Å². The number of benzene rings is 1. The van der Waals surface area contributed by atoms with Crippen molar-refractivity contribution in [2.45, 2.75) is 6.92 Å². The Bertz CT molecular complexity index is 859. The van der Waals surface area contributed by atoms with Gasteiger partial charge in [-0.05, 0) is 42.8 Å². The number of hydrogen-bond acceptors (Lipinski definition) is 3. The highest BCUT2D eigenvalue weighted by Gasteiger charge is 2.11. The lowest BCUT2D eigenvalue weighted by atomic mass is 9.99. The van der Waals surface area contributed by atoms with E-state index in [0.29, 0.717) is 5.02 Å². The largest absolute Gasteiger partial charge is 0.478 e. The van der Waals surface area contributed by atoms with Crippen LogP contribution in [0.25, 0.3) is 22.4 Å². The molecule has 0 saturated heterocycles. The highest BCUT2D eigenvalue weighted by molar-refractivity contribution is 6.30. The van der Waals surface area contributed by atoms with Crippen molar-refractivity contribution in [3.63, 3.8) is 0 Å². The molecular weight excluding hydrogens is 312 g/mol. The highest BCUT2D eigenvalue weighted by Crippen LogP contribution is 2.32. The molecule has 0 fully saturated rings. The average molecular weight is 325 g/mol. The van der Waals surface area contributed by atoms with E-state index in [2.05, 4.69) is 9.97 Å². The molecule has 0 radical (unpaired) electrons. The first-order chi connectivity index (χ1) is 11.0. The smallest absolute Gasteiger partial charge is 0.335 e. The Morgan fingerprint density at radius 2 is 1.70 bits per heavy atom. The summed E-state index contributed by atoms with van der Waals surface area (Å²) in [5.41, 5.74) is 4.48. The molecule has 0 aliphatic heterocycles. The second kappa shape index (κ2) is 6.18. The average Bonchev–Trinajstić information content (AvgIpc) is 2.56. The molecule has 23 heavy (non-hydrogen) atoms. The number of carbonyl (C=O) groups is 1. The molecular formula is C18H13ClN2O2. The first kappa shape index (κ1) is 15.2. The third kappa shape index (κ3) is 3.22. The number of halogens is 1. The van der Waals surface area contributed by atoms with Crippen molar-refractivity contribution in [2.24, 2.45) is 0 Å². The van der Waals surface area contributed by atoms with Crippen LogP contribution in [0, 0.1) is 6.92 Å². The maximum absolute atomic E-state index is 11.0. The summed E-state index contributed by atoms with van der Waals surface area (Å²) >= 11 is 6.09. The van der Waals surface area contributed by atoms with E-state index in [1.807, 2.05) is 25.1 Å². The van der Waals surface area contributed by atoms with Gasteiger partial charge in [-0.2, -0.15) is 0 Å². The lowest BCUT2D eigenvalue weighted by Crippen LogP contribution is -1.96. The van der Waals surface area contributed by atoms with E-state index in [-0.39, 0.29) is 5.56 Å². The van der Waals surface area contributed by atoms with E-state index in [0.717, 1.165) is 28.1 Å². The van der Waals surface area contributed by atoms with E-state index in [1.54, 1.807) is 36.7 Å². The normalized spacial score (nSPS) is 10.5. The SMILES string of the molecule is Cc1ccc(-c2ncc(Cl)cc2-c2ccc(C(=O)O)cc2)cn1. The summed E-state index contributed by atoms with van der Waals surface area (Å²) in [6.45, 7) is 1.92. The summed E-state index contributed by atoms with van der Waals surface area (Å²) < 4.78 is 0. The molecule has 0 unspecified atom stereocenters. The summed E-state index contributed by atoms with van der Waals surface area (Å²) in [4.78, 5) is 19.7. The minimum Gasteiger partial charge on any atom is -0.478 e. The molecule has 3 aromatic rings. The third-order valence-electron chi connectivity index (χ3n) is 3.48. The zero-order valence-corrected chi connectivity index (χ0v) is 13.1. The predicted molar refractivity (Wildman–Crippen MR) is 89.6 cm³/mol. The Kier molecular flexibility index (Phi) is 4.08. The molecule has 4 nitrogen and oxygen atoms in total. The zero-order valence-electron chi connectivity index (χ0n) is 12.3. The zero-order chi connectivity index (χ0) is 16.4. The minimum atomic E-state index is -0.955. The van der Waals surface area contributed by atoms with Crippen molar-refractivity contribution < 1.29 is 9.90 Å². The van der Waals surface area contributed by atoms with E-state index >= 15 is 0 Å². The molecule has 3 rings (SSSR count). The van der Waals surface area contributed by atoms with Gasteiger partial charge in [-0.25, -0.2) is 4.79 Å². The maximum Gasteiger partial charge on any atom is 0.335 e. The van der Waals surface area contributed by atoms with E-state index < -0.39 is 5.97 Å². The molecule has 0 atom stereocenters. The van der Waals surface area contributed by atoms with Gasteiger partial charge in [-0.1, -0.05) is 23.7 Å².